The molecular formula is C14H22N2OS. The van der Waals surface area contributed by atoms with E-state index in [9.17, 15) is 0 Å². The van der Waals surface area contributed by atoms with Gasteiger partial charge < -0.3 is 10.5 Å². The van der Waals surface area contributed by atoms with Gasteiger partial charge in [-0.15, -0.1) is 0 Å². The van der Waals surface area contributed by atoms with Crippen LogP contribution in [0.25, 0.3) is 0 Å². The number of hydrogen-bond donors (Lipinski definition) is 1. The first-order chi connectivity index (χ1) is 8.56. The van der Waals surface area contributed by atoms with Crippen LogP contribution in [0.15, 0.2) is 6.07 Å². The Labute approximate surface area is 115 Å². The van der Waals surface area contributed by atoms with Crippen LogP contribution >= 0.6 is 12.2 Å². The molecule has 3 nitrogen and oxygen atoms in total. The molecule has 0 saturated carbocycles. The Hall–Kier alpha value is -1.16. The Bertz CT molecular complexity index is 419. The van der Waals surface area contributed by atoms with Gasteiger partial charge in [-0.1, -0.05) is 38.4 Å². The fourth-order valence-electron chi connectivity index (χ4n) is 1.92. The van der Waals surface area contributed by atoms with Crippen molar-refractivity contribution in [2.75, 3.05) is 6.61 Å². The molecule has 1 rings (SSSR count). The molecule has 0 unspecified atom stereocenters. The van der Waals surface area contributed by atoms with Crippen LogP contribution in [0.4, 0.5) is 0 Å². The van der Waals surface area contributed by atoms with Crippen LogP contribution in [-0.4, -0.2) is 16.6 Å². The van der Waals surface area contributed by atoms with E-state index in [0.29, 0.717) is 11.6 Å². The van der Waals surface area contributed by atoms with Gasteiger partial charge in [-0.3, -0.25) is 4.98 Å². The average Bonchev–Trinajstić information content (AvgIpc) is 2.27. The fourth-order valence-corrected chi connectivity index (χ4v) is 2.17. The average molecular weight is 266 g/mol. The zero-order valence-corrected chi connectivity index (χ0v) is 12.3. The molecule has 0 atom stereocenters. The van der Waals surface area contributed by atoms with Crippen molar-refractivity contribution < 1.29 is 4.74 Å². The minimum Gasteiger partial charge on any atom is -0.493 e. The topological polar surface area (TPSA) is 48.1 Å². The van der Waals surface area contributed by atoms with Crippen LogP contribution in [0, 0.1) is 13.8 Å². The summed E-state index contributed by atoms with van der Waals surface area (Å²) >= 11 is 5.06. The van der Waals surface area contributed by atoms with E-state index in [1.165, 1.54) is 19.3 Å². The predicted octanol–water partition coefficient (Wildman–Crippen LogP) is 3.29. The van der Waals surface area contributed by atoms with Gasteiger partial charge >= 0.3 is 0 Å². The number of unbranched alkanes of at least 4 members (excludes halogenated alkanes) is 3. The molecular weight excluding hydrogens is 244 g/mol. The summed E-state index contributed by atoms with van der Waals surface area (Å²) in [6.07, 6.45) is 4.73. The molecule has 2 N–H and O–H groups in total. The second-order valence-electron chi connectivity index (χ2n) is 4.50. The molecule has 4 heteroatoms. The molecule has 0 bridgehead atoms. The smallest absolute Gasteiger partial charge is 0.133 e. The minimum absolute atomic E-state index is 0.351. The first-order valence-corrected chi connectivity index (χ1v) is 6.88. The molecule has 0 spiro atoms. The Kier molecular flexibility index (Phi) is 6.05. The summed E-state index contributed by atoms with van der Waals surface area (Å²) in [5, 5.41) is 0. The normalized spacial score (nSPS) is 10.4. The highest BCUT2D eigenvalue weighted by atomic mass is 32.1. The van der Waals surface area contributed by atoms with Crippen molar-refractivity contribution >= 4 is 17.2 Å². The van der Waals surface area contributed by atoms with E-state index in [1.54, 1.807) is 0 Å². The molecule has 1 aromatic heterocycles. The molecule has 100 valence electrons. The Morgan fingerprint density at radius 2 is 2.06 bits per heavy atom. The first kappa shape index (κ1) is 14.9. The second-order valence-corrected chi connectivity index (χ2v) is 4.94. The quantitative estimate of drug-likeness (QED) is 0.607. The number of pyridine rings is 1. The van der Waals surface area contributed by atoms with Crippen molar-refractivity contribution in [1.82, 2.24) is 4.98 Å². The van der Waals surface area contributed by atoms with Crippen LogP contribution in [0.3, 0.4) is 0 Å². The summed E-state index contributed by atoms with van der Waals surface area (Å²) in [6.45, 7) is 6.76. The van der Waals surface area contributed by atoms with Crippen LogP contribution in [0.2, 0.25) is 0 Å². The number of aryl methyl sites for hydroxylation is 2. The van der Waals surface area contributed by atoms with E-state index < -0.39 is 0 Å². The van der Waals surface area contributed by atoms with E-state index in [0.717, 1.165) is 29.1 Å². The van der Waals surface area contributed by atoms with E-state index >= 15 is 0 Å². The molecule has 18 heavy (non-hydrogen) atoms. The van der Waals surface area contributed by atoms with Crippen molar-refractivity contribution in [1.29, 1.82) is 0 Å². The highest BCUT2D eigenvalue weighted by Gasteiger charge is 2.12. The zero-order valence-electron chi connectivity index (χ0n) is 11.5. The summed E-state index contributed by atoms with van der Waals surface area (Å²) in [6, 6.07) is 1.90. The van der Waals surface area contributed by atoms with E-state index in [4.69, 9.17) is 22.7 Å². The third-order valence-corrected chi connectivity index (χ3v) is 3.00. The lowest BCUT2D eigenvalue weighted by Crippen LogP contribution is -2.15. The lowest BCUT2D eigenvalue weighted by molar-refractivity contribution is 0.304. The Morgan fingerprint density at radius 3 is 2.67 bits per heavy atom. The van der Waals surface area contributed by atoms with Crippen molar-refractivity contribution in [2.24, 2.45) is 5.73 Å². The van der Waals surface area contributed by atoms with Gasteiger partial charge in [0.2, 0.25) is 0 Å². The minimum atomic E-state index is 0.351. The molecule has 0 radical (unpaired) electrons. The standard InChI is InChI=1S/C14H22N2OS/c1-4-5-6-7-8-17-12-9-10(2)16-11(3)13(12)14(15)18/h9H,4-8H2,1-3H3,(H2,15,18). The summed E-state index contributed by atoms with van der Waals surface area (Å²) in [5.41, 5.74) is 8.26. The number of ether oxygens (including phenoxy) is 1. The molecule has 0 aliphatic rings. The monoisotopic (exact) mass is 266 g/mol. The SMILES string of the molecule is CCCCCCOc1cc(C)nc(C)c1C(N)=S. The number of rotatable bonds is 7. The van der Waals surface area contributed by atoms with Crippen molar-refractivity contribution in [2.45, 2.75) is 46.5 Å². The third kappa shape index (κ3) is 4.26. The summed E-state index contributed by atoms with van der Waals surface area (Å²) in [7, 11) is 0. The van der Waals surface area contributed by atoms with Crippen LogP contribution in [-0.2, 0) is 0 Å². The highest BCUT2D eigenvalue weighted by Crippen LogP contribution is 2.22. The van der Waals surface area contributed by atoms with Gasteiger partial charge in [0, 0.05) is 11.8 Å². The van der Waals surface area contributed by atoms with Crippen molar-refractivity contribution in [3.63, 3.8) is 0 Å². The van der Waals surface area contributed by atoms with Crippen LogP contribution in [0.5, 0.6) is 5.75 Å². The van der Waals surface area contributed by atoms with Gasteiger partial charge in [-0.25, -0.2) is 0 Å². The number of hydrogen-bond acceptors (Lipinski definition) is 3. The maximum absolute atomic E-state index is 5.80. The van der Waals surface area contributed by atoms with Gasteiger partial charge in [0.05, 0.1) is 17.9 Å². The maximum atomic E-state index is 5.80. The molecule has 0 amide bonds. The predicted molar refractivity (Wildman–Crippen MR) is 79.2 cm³/mol. The Balaban J connectivity index is 2.71. The molecule has 0 aromatic carbocycles. The van der Waals surface area contributed by atoms with E-state index in [1.807, 2.05) is 19.9 Å². The highest BCUT2D eigenvalue weighted by molar-refractivity contribution is 7.80. The summed E-state index contributed by atoms with van der Waals surface area (Å²) in [4.78, 5) is 4.72. The number of nitrogens with zero attached hydrogens (tertiary/aromatic N) is 1. The lowest BCUT2D eigenvalue weighted by Gasteiger charge is -2.13. The van der Waals surface area contributed by atoms with Crippen molar-refractivity contribution in [3.8, 4) is 5.75 Å². The number of aromatic nitrogens is 1. The first-order valence-electron chi connectivity index (χ1n) is 6.47. The largest absolute Gasteiger partial charge is 0.493 e. The third-order valence-electron chi connectivity index (χ3n) is 2.79. The zero-order chi connectivity index (χ0) is 13.5. The van der Waals surface area contributed by atoms with Gasteiger partial charge in [0.1, 0.15) is 10.7 Å². The molecule has 0 aliphatic carbocycles. The molecule has 0 aliphatic heterocycles. The van der Waals surface area contributed by atoms with Gasteiger partial charge in [-0.2, -0.15) is 0 Å². The van der Waals surface area contributed by atoms with Gasteiger partial charge in [-0.05, 0) is 20.3 Å². The van der Waals surface area contributed by atoms with E-state index in [2.05, 4.69) is 11.9 Å². The Morgan fingerprint density at radius 1 is 1.33 bits per heavy atom. The lowest BCUT2D eigenvalue weighted by atomic mass is 10.1. The van der Waals surface area contributed by atoms with Gasteiger partial charge in [0.15, 0.2) is 0 Å². The summed E-state index contributed by atoms with van der Waals surface area (Å²) < 4.78 is 5.80. The van der Waals surface area contributed by atoms with Gasteiger partial charge in [0.25, 0.3) is 0 Å². The maximum Gasteiger partial charge on any atom is 0.133 e. The number of nitrogens with two attached hydrogens (primary N) is 1. The van der Waals surface area contributed by atoms with Crippen LogP contribution in [0.1, 0.15) is 49.6 Å². The summed E-state index contributed by atoms with van der Waals surface area (Å²) in [5.74, 6) is 0.768. The molecule has 1 heterocycles. The molecule has 0 fully saturated rings. The molecule has 0 saturated heterocycles. The second kappa shape index (κ2) is 7.31. The molecule has 1 aromatic rings. The fraction of sp³-hybridized carbons (Fsp3) is 0.571. The number of thiocarbonyl (C=S) groups is 1. The van der Waals surface area contributed by atoms with E-state index in [-0.39, 0.29) is 0 Å². The van der Waals surface area contributed by atoms with Crippen LogP contribution < -0.4 is 10.5 Å². The van der Waals surface area contributed by atoms with Crippen molar-refractivity contribution in [3.05, 3.63) is 23.0 Å².